The summed E-state index contributed by atoms with van der Waals surface area (Å²) in [7, 11) is 1.43. The number of hydrogen-bond donors (Lipinski definition) is 2. The molecule has 7 heteroatoms. The van der Waals surface area contributed by atoms with Crippen LogP contribution < -0.4 is 4.74 Å². The zero-order valence-corrected chi connectivity index (χ0v) is 15.2. The van der Waals surface area contributed by atoms with Crippen molar-refractivity contribution in [2.45, 2.75) is 32.5 Å². The molecule has 0 radical (unpaired) electrons. The minimum absolute atomic E-state index is 0.00807. The highest BCUT2D eigenvalue weighted by atomic mass is 16.5. The molecular formula is C19H26N2O5. The Hall–Kier alpha value is -2.54. The van der Waals surface area contributed by atoms with Gasteiger partial charge in [0.05, 0.1) is 20.3 Å². The third-order valence-electron chi connectivity index (χ3n) is 4.08. The lowest BCUT2D eigenvalue weighted by molar-refractivity contribution is -0.132. The Balaban J connectivity index is 1.82. The molecule has 1 aromatic rings. The molecule has 1 aliphatic rings. The van der Waals surface area contributed by atoms with Gasteiger partial charge in [-0.2, -0.15) is 0 Å². The quantitative estimate of drug-likeness (QED) is 0.420. The Morgan fingerprint density at radius 2 is 2.12 bits per heavy atom. The lowest BCUT2D eigenvalue weighted by Gasteiger charge is -2.19. The highest BCUT2D eigenvalue weighted by molar-refractivity contribution is 5.88. The van der Waals surface area contributed by atoms with Gasteiger partial charge in [-0.05, 0) is 30.2 Å². The van der Waals surface area contributed by atoms with Gasteiger partial charge in [0.25, 0.3) is 5.91 Å². The summed E-state index contributed by atoms with van der Waals surface area (Å²) >= 11 is 0. The number of carbonyl (C=O) groups is 1. The van der Waals surface area contributed by atoms with Crippen LogP contribution in [0.1, 0.15) is 25.3 Å². The van der Waals surface area contributed by atoms with Crippen molar-refractivity contribution in [2.24, 2.45) is 0 Å². The first kappa shape index (κ1) is 19.8. The fourth-order valence-electron chi connectivity index (χ4n) is 2.64. The highest BCUT2D eigenvalue weighted by Gasteiger charge is 2.29. The lowest BCUT2D eigenvalue weighted by atomic mass is 10.2. The molecule has 1 heterocycles. The number of amides is 1. The van der Waals surface area contributed by atoms with Crippen molar-refractivity contribution < 1.29 is 24.1 Å². The van der Waals surface area contributed by atoms with E-state index in [4.69, 9.17) is 24.7 Å². The number of aliphatic hydroxyl groups excluding tert-OH is 1. The summed E-state index contributed by atoms with van der Waals surface area (Å²) in [5.74, 6) is 0.884. The molecule has 0 spiro atoms. The summed E-state index contributed by atoms with van der Waals surface area (Å²) in [6, 6.07) is 6.97. The lowest BCUT2D eigenvalue weighted by Crippen LogP contribution is -2.34. The zero-order chi connectivity index (χ0) is 18.9. The molecule has 0 saturated carbocycles. The highest BCUT2D eigenvalue weighted by Crippen LogP contribution is 2.18. The van der Waals surface area contributed by atoms with Crippen LogP contribution in [0.15, 0.2) is 36.1 Å². The summed E-state index contributed by atoms with van der Waals surface area (Å²) in [4.78, 5) is 14.0. The van der Waals surface area contributed by atoms with Crippen LogP contribution >= 0.6 is 0 Å². The molecule has 1 saturated heterocycles. The smallest absolute Gasteiger partial charge is 0.260 e. The van der Waals surface area contributed by atoms with Crippen LogP contribution in [-0.4, -0.2) is 54.7 Å². The second kappa shape index (κ2) is 9.82. The molecule has 0 aliphatic carbocycles. The molecule has 1 unspecified atom stereocenters. The first-order chi connectivity index (χ1) is 12.6. The van der Waals surface area contributed by atoms with Gasteiger partial charge in [-0.1, -0.05) is 19.1 Å². The second-order valence-electron chi connectivity index (χ2n) is 5.97. The van der Waals surface area contributed by atoms with Gasteiger partial charge in [-0.25, -0.2) is 0 Å². The fraction of sp³-hybridized carbons (Fsp3) is 0.474. The first-order valence-electron chi connectivity index (χ1n) is 8.67. The van der Waals surface area contributed by atoms with Crippen molar-refractivity contribution in [3.63, 3.8) is 0 Å². The standard InChI is InChI=1S/C19H26N2O5/c1-3-4-17(19(20)24-2)26-16-9-10-21(11-16)18(23)13-25-15-7-5-14(12-22)6-8-15/h4-8,16,20,22H,3,9-13H2,1-2H3/b17-4+,20-19?. The van der Waals surface area contributed by atoms with Gasteiger partial charge < -0.3 is 24.2 Å². The molecule has 26 heavy (non-hydrogen) atoms. The number of likely N-dealkylation sites (tertiary alicyclic amines) is 1. The molecule has 2 rings (SSSR count). The van der Waals surface area contributed by atoms with E-state index in [0.717, 1.165) is 12.0 Å². The molecule has 7 nitrogen and oxygen atoms in total. The monoisotopic (exact) mass is 362 g/mol. The van der Waals surface area contributed by atoms with E-state index in [1.165, 1.54) is 7.11 Å². The van der Waals surface area contributed by atoms with Crippen LogP contribution in [0, 0.1) is 5.41 Å². The van der Waals surface area contributed by atoms with Crippen molar-refractivity contribution >= 4 is 11.8 Å². The molecule has 0 bridgehead atoms. The summed E-state index contributed by atoms with van der Waals surface area (Å²) in [6.45, 7) is 2.95. The Bertz CT molecular complexity index is 642. The topological polar surface area (TPSA) is 92.1 Å². The molecular weight excluding hydrogens is 336 g/mol. The van der Waals surface area contributed by atoms with Crippen molar-refractivity contribution in [3.8, 4) is 5.75 Å². The van der Waals surface area contributed by atoms with E-state index in [9.17, 15) is 4.79 Å². The van der Waals surface area contributed by atoms with Crippen LogP contribution in [0.2, 0.25) is 0 Å². The van der Waals surface area contributed by atoms with E-state index in [0.29, 0.717) is 31.0 Å². The Morgan fingerprint density at radius 3 is 2.73 bits per heavy atom. The van der Waals surface area contributed by atoms with Gasteiger partial charge in [-0.15, -0.1) is 0 Å². The molecule has 1 fully saturated rings. The van der Waals surface area contributed by atoms with Crippen LogP contribution in [0.25, 0.3) is 0 Å². The number of nitrogens with zero attached hydrogens (tertiary/aromatic N) is 1. The van der Waals surface area contributed by atoms with Crippen LogP contribution in [0.4, 0.5) is 0 Å². The number of nitrogens with one attached hydrogen (secondary N) is 1. The minimum atomic E-state index is -0.156. The van der Waals surface area contributed by atoms with E-state index in [1.54, 1.807) is 35.2 Å². The predicted molar refractivity (Wildman–Crippen MR) is 97.0 cm³/mol. The Kier molecular flexibility index (Phi) is 7.47. The van der Waals surface area contributed by atoms with Gasteiger partial charge in [0.2, 0.25) is 5.90 Å². The fourth-order valence-corrected chi connectivity index (χ4v) is 2.64. The normalized spacial score (nSPS) is 17.1. The summed E-state index contributed by atoms with van der Waals surface area (Å²) in [6.07, 6.45) is 3.08. The molecule has 142 valence electrons. The third kappa shape index (κ3) is 5.49. The van der Waals surface area contributed by atoms with Crippen LogP contribution in [0.3, 0.4) is 0 Å². The van der Waals surface area contributed by atoms with Gasteiger partial charge in [0, 0.05) is 13.0 Å². The van der Waals surface area contributed by atoms with Gasteiger partial charge in [-0.3, -0.25) is 10.2 Å². The summed E-state index contributed by atoms with van der Waals surface area (Å²) in [5.41, 5.74) is 0.792. The van der Waals surface area contributed by atoms with Gasteiger partial charge in [0.1, 0.15) is 11.9 Å². The van der Waals surface area contributed by atoms with E-state index < -0.39 is 0 Å². The average Bonchev–Trinajstić information content (AvgIpc) is 3.14. The number of aliphatic hydroxyl groups is 1. The largest absolute Gasteiger partial charge is 0.484 e. The molecule has 0 aromatic heterocycles. The maximum absolute atomic E-state index is 12.3. The summed E-state index contributed by atoms with van der Waals surface area (Å²) < 4.78 is 16.3. The maximum atomic E-state index is 12.3. The third-order valence-corrected chi connectivity index (χ3v) is 4.08. The number of rotatable bonds is 8. The van der Waals surface area contributed by atoms with E-state index in [-0.39, 0.29) is 31.1 Å². The number of ether oxygens (including phenoxy) is 3. The molecule has 1 amide bonds. The number of allylic oxidation sites excluding steroid dienone is 1. The summed E-state index contributed by atoms with van der Waals surface area (Å²) in [5, 5.41) is 16.8. The van der Waals surface area contributed by atoms with Gasteiger partial charge >= 0.3 is 0 Å². The number of carbonyl (C=O) groups excluding carboxylic acids is 1. The van der Waals surface area contributed by atoms with E-state index in [1.807, 2.05) is 6.92 Å². The Morgan fingerprint density at radius 1 is 1.38 bits per heavy atom. The van der Waals surface area contributed by atoms with Crippen molar-refractivity contribution in [1.29, 1.82) is 5.41 Å². The molecule has 2 N–H and O–H groups in total. The maximum Gasteiger partial charge on any atom is 0.260 e. The second-order valence-corrected chi connectivity index (χ2v) is 5.97. The SMILES string of the molecule is CC/C=C(/OC1CCN(C(=O)COc2ccc(CO)cc2)C1)C(=N)OC. The van der Waals surface area contributed by atoms with E-state index >= 15 is 0 Å². The molecule has 1 aromatic carbocycles. The Labute approximate surface area is 153 Å². The van der Waals surface area contributed by atoms with Gasteiger partial charge in [0.15, 0.2) is 12.4 Å². The molecule has 1 atom stereocenters. The minimum Gasteiger partial charge on any atom is -0.484 e. The van der Waals surface area contributed by atoms with Crippen molar-refractivity contribution in [3.05, 3.63) is 41.7 Å². The van der Waals surface area contributed by atoms with Crippen LogP contribution in [-0.2, 0) is 20.9 Å². The molecule has 1 aliphatic heterocycles. The zero-order valence-electron chi connectivity index (χ0n) is 15.2. The van der Waals surface area contributed by atoms with E-state index in [2.05, 4.69) is 0 Å². The number of benzene rings is 1. The van der Waals surface area contributed by atoms with Crippen molar-refractivity contribution in [2.75, 3.05) is 26.8 Å². The first-order valence-corrected chi connectivity index (χ1v) is 8.67. The average molecular weight is 362 g/mol. The number of hydrogen-bond acceptors (Lipinski definition) is 6. The number of methoxy groups -OCH3 is 1. The van der Waals surface area contributed by atoms with Crippen molar-refractivity contribution in [1.82, 2.24) is 4.90 Å². The van der Waals surface area contributed by atoms with Crippen LogP contribution in [0.5, 0.6) is 5.75 Å². The predicted octanol–water partition coefficient (Wildman–Crippen LogP) is 2.09.